The van der Waals surface area contributed by atoms with E-state index in [1.807, 2.05) is 25.1 Å². The zero-order valence-corrected chi connectivity index (χ0v) is 14.8. The second-order valence-corrected chi connectivity index (χ2v) is 6.56. The molecule has 3 aromatic heterocycles. The number of H-pyrrole nitrogens is 1. The first-order chi connectivity index (χ1) is 12.7. The monoisotopic (exact) mass is 348 g/mol. The topological polar surface area (TPSA) is 90.7 Å². The van der Waals surface area contributed by atoms with Gasteiger partial charge < -0.3 is 9.64 Å². The predicted octanol–water partition coefficient (Wildman–Crippen LogP) is 2.87. The molecule has 0 radical (unpaired) electrons. The number of nitrogens with one attached hydrogen (secondary N) is 1. The average Bonchev–Trinajstić information content (AvgIpc) is 3.21. The molecule has 0 saturated carbocycles. The fraction of sp³-hybridized carbons (Fsp3) is 0.368. The largest absolute Gasteiger partial charge is 0.377 e. The van der Waals surface area contributed by atoms with Gasteiger partial charge in [0.2, 0.25) is 0 Å². The predicted molar refractivity (Wildman–Crippen MR) is 98.8 cm³/mol. The van der Waals surface area contributed by atoms with E-state index >= 15 is 0 Å². The summed E-state index contributed by atoms with van der Waals surface area (Å²) in [5.74, 6) is 0.617. The van der Waals surface area contributed by atoms with Gasteiger partial charge in [0.15, 0.2) is 0 Å². The molecule has 7 nitrogen and oxygen atoms in total. The van der Waals surface area contributed by atoms with Crippen molar-refractivity contribution < 1.29 is 4.74 Å². The van der Waals surface area contributed by atoms with Gasteiger partial charge in [-0.05, 0) is 37.6 Å². The van der Waals surface area contributed by atoms with Crippen molar-refractivity contribution in [1.29, 1.82) is 5.26 Å². The summed E-state index contributed by atoms with van der Waals surface area (Å²) in [7, 11) is 0. The minimum atomic E-state index is -0.243. The highest BCUT2D eigenvalue weighted by Gasteiger charge is 2.23. The summed E-state index contributed by atoms with van der Waals surface area (Å²) in [5, 5.41) is 17.5. The number of fused-ring (bicyclic) bond motifs is 1. The summed E-state index contributed by atoms with van der Waals surface area (Å²) in [4.78, 5) is 11.7. The number of hydrogen-bond donors (Lipinski definition) is 1. The molecule has 1 fully saturated rings. The van der Waals surface area contributed by atoms with Crippen molar-refractivity contribution in [3.8, 4) is 17.5 Å². The summed E-state index contributed by atoms with van der Waals surface area (Å²) in [6, 6.07) is 8.43. The molecular formula is C19H20N6O. The van der Waals surface area contributed by atoms with Crippen LogP contribution in [0.3, 0.4) is 0 Å². The fourth-order valence-electron chi connectivity index (χ4n) is 3.39. The highest BCUT2D eigenvalue weighted by molar-refractivity contribution is 5.94. The molecular weight excluding hydrogens is 328 g/mol. The highest BCUT2D eigenvalue weighted by atomic mass is 16.5. The maximum Gasteiger partial charge on any atom is 0.130 e. The normalized spacial score (nSPS) is 18.7. The zero-order chi connectivity index (χ0) is 18.1. The maximum atomic E-state index is 9.52. The lowest BCUT2D eigenvalue weighted by Crippen LogP contribution is -2.44. The number of morpholine rings is 1. The van der Waals surface area contributed by atoms with Crippen molar-refractivity contribution in [2.24, 2.45) is 0 Å². The van der Waals surface area contributed by atoms with E-state index < -0.39 is 0 Å². The van der Waals surface area contributed by atoms with E-state index in [1.165, 1.54) is 0 Å². The van der Waals surface area contributed by atoms with Gasteiger partial charge in [0, 0.05) is 24.3 Å². The van der Waals surface area contributed by atoms with E-state index in [4.69, 9.17) is 9.72 Å². The molecule has 1 aliphatic rings. The van der Waals surface area contributed by atoms with Gasteiger partial charge in [-0.1, -0.05) is 0 Å². The zero-order valence-electron chi connectivity index (χ0n) is 14.8. The van der Waals surface area contributed by atoms with Crippen molar-refractivity contribution >= 4 is 16.7 Å². The SMILES string of the molecule is CC(C#N)c1cc(N2CCOC[C@H]2C)nc2c(-c3ccn[nH]3)nccc12. The Labute approximate surface area is 151 Å². The lowest BCUT2D eigenvalue weighted by Gasteiger charge is -2.34. The van der Waals surface area contributed by atoms with Crippen LogP contribution < -0.4 is 4.90 Å². The van der Waals surface area contributed by atoms with Crippen LogP contribution in [0.2, 0.25) is 0 Å². The number of nitrogens with zero attached hydrogens (tertiary/aromatic N) is 5. The Morgan fingerprint density at radius 2 is 2.27 bits per heavy atom. The quantitative estimate of drug-likeness (QED) is 0.783. The maximum absolute atomic E-state index is 9.52. The molecule has 0 amide bonds. The number of hydrogen-bond acceptors (Lipinski definition) is 6. The van der Waals surface area contributed by atoms with Crippen LogP contribution in [0.15, 0.2) is 30.6 Å². The Morgan fingerprint density at radius 1 is 1.38 bits per heavy atom. The van der Waals surface area contributed by atoms with Gasteiger partial charge in [0.1, 0.15) is 17.0 Å². The van der Waals surface area contributed by atoms with Crippen LogP contribution in [-0.4, -0.2) is 46.0 Å². The summed E-state index contributed by atoms with van der Waals surface area (Å²) in [5.41, 5.74) is 3.30. The number of rotatable bonds is 3. The number of anilines is 1. The van der Waals surface area contributed by atoms with Crippen molar-refractivity contribution in [3.63, 3.8) is 0 Å². The van der Waals surface area contributed by atoms with Crippen molar-refractivity contribution in [3.05, 3.63) is 36.2 Å². The lowest BCUT2D eigenvalue weighted by molar-refractivity contribution is 0.0985. The number of pyridine rings is 2. The minimum absolute atomic E-state index is 0.228. The second kappa shape index (κ2) is 6.73. The van der Waals surface area contributed by atoms with Crippen molar-refractivity contribution in [1.82, 2.24) is 20.2 Å². The van der Waals surface area contributed by atoms with Crippen LogP contribution >= 0.6 is 0 Å². The number of ether oxygens (including phenoxy) is 1. The molecule has 1 saturated heterocycles. The second-order valence-electron chi connectivity index (χ2n) is 6.56. The summed E-state index contributed by atoms with van der Waals surface area (Å²) in [6.45, 7) is 6.16. The van der Waals surface area contributed by atoms with Gasteiger partial charge in [-0.2, -0.15) is 10.4 Å². The summed E-state index contributed by atoms with van der Waals surface area (Å²) >= 11 is 0. The van der Waals surface area contributed by atoms with Crippen LogP contribution in [0.5, 0.6) is 0 Å². The van der Waals surface area contributed by atoms with Crippen LogP contribution in [0.4, 0.5) is 5.82 Å². The van der Waals surface area contributed by atoms with E-state index in [1.54, 1.807) is 12.4 Å². The molecule has 0 aliphatic carbocycles. The van der Waals surface area contributed by atoms with Crippen molar-refractivity contribution in [2.75, 3.05) is 24.7 Å². The third kappa shape index (κ3) is 2.78. The Hall–Kier alpha value is -2.98. The molecule has 0 bridgehead atoms. The molecule has 0 aromatic carbocycles. The Balaban J connectivity index is 1.96. The molecule has 1 aliphatic heterocycles. The van der Waals surface area contributed by atoms with Gasteiger partial charge in [0.05, 0.1) is 36.9 Å². The number of nitriles is 1. The smallest absolute Gasteiger partial charge is 0.130 e. The molecule has 26 heavy (non-hydrogen) atoms. The van der Waals surface area contributed by atoms with E-state index in [2.05, 4.69) is 33.1 Å². The van der Waals surface area contributed by atoms with Crippen molar-refractivity contribution in [2.45, 2.75) is 25.8 Å². The first kappa shape index (κ1) is 16.5. The molecule has 4 rings (SSSR count). The van der Waals surface area contributed by atoms with Gasteiger partial charge >= 0.3 is 0 Å². The highest BCUT2D eigenvalue weighted by Crippen LogP contribution is 2.33. The van der Waals surface area contributed by atoms with E-state index in [0.717, 1.165) is 40.2 Å². The summed E-state index contributed by atoms with van der Waals surface area (Å²) in [6.07, 6.45) is 3.45. The average molecular weight is 348 g/mol. The molecule has 2 atom stereocenters. The van der Waals surface area contributed by atoms with E-state index in [9.17, 15) is 5.26 Å². The third-order valence-electron chi connectivity index (χ3n) is 4.82. The Kier molecular flexibility index (Phi) is 4.27. The van der Waals surface area contributed by atoms with Crippen LogP contribution in [-0.2, 0) is 4.74 Å². The van der Waals surface area contributed by atoms with E-state index in [0.29, 0.717) is 13.2 Å². The molecule has 4 heterocycles. The minimum Gasteiger partial charge on any atom is -0.377 e. The van der Waals surface area contributed by atoms with Gasteiger partial charge in [-0.3, -0.25) is 10.1 Å². The molecule has 1 N–H and O–H groups in total. The lowest BCUT2D eigenvalue weighted by atomic mass is 9.97. The van der Waals surface area contributed by atoms with Gasteiger partial charge in [-0.15, -0.1) is 0 Å². The number of aromatic nitrogens is 4. The Bertz CT molecular complexity index is 962. The van der Waals surface area contributed by atoms with Crippen LogP contribution in [0.1, 0.15) is 25.3 Å². The molecule has 3 aromatic rings. The van der Waals surface area contributed by atoms with E-state index in [-0.39, 0.29) is 12.0 Å². The molecule has 7 heteroatoms. The standard InChI is InChI=1S/C19H20N6O/c1-12(10-20)15-9-17(25-7-8-26-11-13(25)2)23-18-14(15)3-5-21-19(18)16-4-6-22-24-16/h3-6,9,12-13H,7-8,11H2,1-2H3,(H,22,24)/t12?,13-/m1/s1. The molecule has 0 spiro atoms. The fourth-order valence-corrected chi connectivity index (χ4v) is 3.39. The molecule has 1 unspecified atom stereocenters. The summed E-state index contributed by atoms with van der Waals surface area (Å²) < 4.78 is 5.56. The first-order valence-electron chi connectivity index (χ1n) is 8.72. The van der Waals surface area contributed by atoms with Crippen LogP contribution in [0.25, 0.3) is 22.3 Å². The van der Waals surface area contributed by atoms with Crippen LogP contribution in [0, 0.1) is 11.3 Å². The molecule has 132 valence electrons. The first-order valence-corrected chi connectivity index (χ1v) is 8.72. The third-order valence-corrected chi connectivity index (χ3v) is 4.82. The Morgan fingerprint density at radius 3 is 3.00 bits per heavy atom. The van der Waals surface area contributed by atoms with Gasteiger partial charge in [0.25, 0.3) is 0 Å². The van der Waals surface area contributed by atoms with Gasteiger partial charge in [-0.25, -0.2) is 4.98 Å². The number of aromatic amines is 1.